The average molecular weight is 523 g/mol. The van der Waals surface area contributed by atoms with E-state index in [9.17, 15) is 18.4 Å². The fourth-order valence-corrected chi connectivity index (χ4v) is 5.25. The number of nitrogens with zero attached hydrogens (tertiary/aromatic N) is 2. The molecule has 0 aliphatic rings. The Morgan fingerprint density at radius 2 is 1.67 bits per heavy atom. The molecule has 0 saturated heterocycles. The van der Waals surface area contributed by atoms with Crippen molar-refractivity contribution in [3.63, 3.8) is 0 Å². The van der Waals surface area contributed by atoms with E-state index in [0.29, 0.717) is 16.8 Å². The van der Waals surface area contributed by atoms with Crippen LogP contribution in [0, 0.1) is 18.6 Å². The third kappa shape index (κ3) is 5.85. The maximum Gasteiger partial charge on any atom is 0.159 e. The number of hydrogen-bond acceptors (Lipinski definition) is 3. The molecule has 0 amide bonds. The first-order valence-electron chi connectivity index (χ1n) is 12.9. The second-order valence-electron chi connectivity index (χ2n) is 9.93. The molecule has 0 unspecified atom stereocenters. The molecule has 3 aromatic carbocycles. The zero-order valence-electron chi connectivity index (χ0n) is 21.8. The summed E-state index contributed by atoms with van der Waals surface area (Å²) in [7, 11) is 0. The van der Waals surface area contributed by atoms with Crippen LogP contribution < -0.4 is 0 Å². The van der Waals surface area contributed by atoms with Gasteiger partial charge in [-0.3, -0.25) is 14.6 Å². The number of ketones is 2. The maximum absolute atomic E-state index is 14.1. The molecular weight excluding hydrogens is 494 g/mol. The Bertz CT molecular complexity index is 1670. The van der Waals surface area contributed by atoms with Crippen LogP contribution in [-0.2, 0) is 17.8 Å². The van der Waals surface area contributed by atoms with Crippen LogP contribution >= 0.6 is 0 Å². The zero-order chi connectivity index (χ0) is 27.5. The molecule has 0 spiro atoms. The van der Waals surface area contributed by atoms with E-state index in [0.717, 1.165) is 33.8 Å². The van der Waals surface area contributed by atoms with Crippen LogP contribution in [0.1, 0.15) is 46.6 Å². The Morgan fingerprint density at radius 1 is 0.897 bits per heavy atom. The van der Waals surface area contributed by atoms with Crippen molar-refractivity contribution in [2.75, 3.05) is 0 Å². The third-order valence-electron chi connectivity index (χ3n) is 7.04. The molecule has 4 nitrogen and oxygen atoms in total. The third-order valence-corrected chi connectivity index (χ3v) is 7.04. The van der Waals surface area contributed by atoms with Crippen molar-refractivity contribution in [3.8, 4) is 11.1 Å². The number of Topliss-reactive ketones (excluding diaryl/α,β-unsaturated/α-hetero) is 2. The molecule has 0 saturated carbocycles. The van der Waals surface area contributed by atoms with E-state index in [1.54, 1.807) is 24.4 Å². The molecular formula is C33H28F2N2O2. The van der Waals surface area contributed by atoms with Crippen LogP contribution in [0.3, 0.4) is 0 Å². The van der Waals surface area contributed by atoms with Gasteiger partial charge < -0.3 is 4.57 Å². The first-order valence-corrected chi connectivity index (χ1v) is 12.9. The quantitative estimate of drug-likeness (QED) is 0.189. The van der Waals surface area contributed by atoms with E-state index in [1.807, 2.05) is 54.0 Å². The number of pyridine rings is 1. The molecule has 0 bridgehead atoms. The van der Waals surface area contributed by atoms with Gasteiger partial charge in [-0.15, -0.1) is 0 Å². The van der Waals surface area contributed by atoms with Crippen molar-refractivity contribution in [2.24, 2.45) is 0 Å². The van der Waals surface area contributed by atoms with Crippen molar-refractivity contribution in [1.29, 1.82) is 0 Å². The Morgan fingerprint density at radius 3 is 2.44 bits per heavy atom. The van der Waals surface area contributed by atoms with Gasteiger partial charge in [-0.2, -0.15) is 0 Å². The summed E-state index contributed by atoms with van der Waals surface area (Å²) in [6, 6.07) is 24.3. The molecule has 39 heavy (non-hydrogen) atoms. The Balaban J connectivity index is 1.53. The van der Waals surface area contributed by atoms with Crippen molar-refractivity contribution < 1.29 is 18.4 Å². The van der Waals surface area contributed by atoms with Gasteiger partial charge >= 0.3 is 0 Å². The van der Waals surface area contributed by atoms with E-state index < -0.39 is 17.6 Å². The number of carbonyl (C=O) groups excluding carboxylic acids is 2. The molecule has 6 heteroatoms. The first-order chi connectivity index (χ1) is 18.8. The van der Waals surface area contributed by atoms with E-state index in [-0.39, 0.29) is 31.0 Å². The van der Waals surface area contributed by atoms with Gasteiger partial charge in [0.15, 0.2) is 11.6 Å². The van der Waals surface area contributed by atoms with Crippen LogP contribution in [-0.4, -0.2) is 21.1 Å². The lowest BCUT2D eigenvalue weighted by Gasteiger charge is -2.20. The number of aromatic nitrogens is 2. The van der Waals surface area contributed by atoms with Crippen LogP contribution in [0.4, 0.5) is 8.78 Å². The standard InChI is InChI=1S/C33H28F2N2O2/c1-21-13-26-7-3-4-11-32(26)37(21)20-30(39)18-27(14-23-15-28(34)19-29(35)16-23)33-31(10-6-12-36-33)25-9-5-8-24(17-25)22(2)38/h3-13,15-17,19,27H,14,18,20H2,1-2H3/t27-/m1/s1. The molecule has 0 N–H and O–H groups in total. The number of hydrogen-bond donors (Lipinski definition) is 0. The molecule has 5 rings (SSSR count). The number of para-hydroxylation sites is 1. The number of benzene rings is 3. The molecule has 1 atom stereocenters. The number of rotatable bonds is 9. The topological polar surface area (TPSA) is 52.0 Å². The summed E-state index contributed by atoms with van der Waals surface area (Å²) in [6.07, 6.45) is 2.00. The van der Waals surface area contributed by atoms with Crippen LogP contribution in [0.2, 0.25) is 0 Å². The SMILES string of the molecule is CC(=O)c1cccc(-c2cccnc2[C@@H](CC(=O)Cn2c(C)cc3ccccc32)Cc2cc(F)cc(F)c2)c1. The van der Waals surface area contributed by atoms with Crippen molar-refractivity contribution >= 4 is 22.5 Å². The predicted molar refractivity (Wildman–Crippen MR) is 149 cm³/mol. The van der Waals surface area contributed by atoms with Gasteiger partial charge in [0.1, 0.15) is 11.6 Å². The number of aryl methyl sites for hydroxylation is 1. The van der Waals surface area contributed by atoms with Gasteiger partial charge in [0.05, 0.1) is 12.2 Å². The van der Waals surface area contributed by atoms with Gasteiger partial charge in [-0.05, 0) is 73.2 Å². The molecule has 0 aliphatic heterocycles. The molecule has 0 fully saturated rings. The van der Waals surface area contributed by atoms with Crippen LogP contribution in [0.5, 0.6) is 0 Å². The number of fused-ring (bicyclic) bond motifs is 1. The lowest BCUT2D eigenvalue weighted by molar-refractivity contribution is -0.120. The summed E-state index contributed by atoms with van der Waals surface area (Å²) in [5.41, 5.74) is 5.18. The Hall–Kier alpha value is -4.45. The fraction of sp³-hybridized carbons (Fsp3) is 0.182. The predicted octanol–water partition coefficient (Wildman–Crippen LogP) is 7.48. The van der Waals surface area contributed by atoms with Gasteiger partial charge in [0.2, 0.25) is 0 Å². The molecule has 2 heterocycles. The fourth-order valence-electron chi connectivity index (χ4n) is 5.25. The Labute approximate surface area is 225 Å². The summed E-state index contributed by atoms with van der Waals surface area (Å²) >= 11 is 0. The lowest BCUT2D eigenvalue weighted by Crippen LogP contribution is -2.17. The summed E-state index contributed by atoms with van der Waals surface area (Å²) in [4.78, 5) is 30.3. The average Bonchev–Trinajstić information content (AvgIpc) is 3.22. The van der Waals surface area contributed by atoms with Crippen molar-refractivity contribution in [1.82, 2.24) is 9.55 Å². The largest absolute Gasteiger partial charge is 0.337 e. The molecule has 0 radical (unpaired) electrons. The summed E-state index contributed by atoms with van der Waals surface area (Å²) in [6.45, 7) is 3.66. The summed E-state index contributed by atoms with van der Waals surface area (Å²) in [5, 5.41) is 1.06. The monoisotopic (exact) mass is 522 g/mol. The van der Waals surface area contributed by atoms with Gasteiger partial charge in [0.25, 0.3) is 0 Å². The lowest BCUT2D eigenvalue weighted by atomic mass is 9.86. The van der Waals surface area contributed by atoms with Gasteiger partial charge in [-0.25, -0.2) is 8.78 Å². The van der Waals surface area contributed by atoms with Gasteiger partial charge in [-0.1, -0.05) is 42.5 Å². The molecule has 5 aromatic rings. The highest BCUT2D eigenvalue weighted by Gasteiger charge is 2.23. The van der Waals surface area contributed by atoms with Crippen LogP contribution in [0.25, 0.3) is 22.0 Å². The smallest absolute Gasteiger partial charge is 0.159 e. The molecule has 0 aliphatic carbocycles. The second kappa shape index (κ2) is 11.1. The van der Waals surface area contributed by atoms with Crippen LogP contribution in [0.15, 0.2) is 91.1 Å². The highest BCUT2D eigenvalue weighted by atomic mass is 19.1. The minimum Gasteiger partial charge on any atom is -0.337 e. The Kier molecular flexibility index (Phi) is 7.46. The highest BCUT2D eigenvalue weighted by molar-refractivity contribution is 5.95. The van der Waals surface area contributed by atoms with E-state index in [2.05, 4.69) is 11.1 Å². The normalized spacial score (nSPS) is 12.0. The van der Waals surface area contributed by atoms with Gasteiger partial charge in [0, 0.05) is 46.9 Å². The second-order valence-corrected chi connectivity index (χ2v) is 9.93. The van der Waals surface area contributed by atoms with E-state index >= 15 is 0 Å². The van der Waals surface area contributed by atoms with Crippen molar-refractivity contribution in [3.05, 3.63) is 125 Å². The summed E-state index contributed by atoms with van der Waals surface area (Å²) < 4.78 is 30.2. The molecule has 2 aromatic heterocycles. The minimum absolute atomic E-state index is 0.0181. The molecule has 196 valence electrons. The summed E-state index contributed by atoms with van der Waals surface area (Å²) in [5.74, 6) is -1.85. The number of halogens is 2. The van der Waals surface area contributed by atoms with Crippen molar-refractivity contribution in [2.45, 2.75) is 39.2 Å². The maximum atomic E-state index is 14.1. The number of carbonyl (C=O) groups is 2. The highest BCUT2D eigenvalue weighted by Crippen LogP contribution is 2.33. The zero-order valence-corrected chi connectivity index (χ0v) is 21.8. The van der Waals surface area contributed by atoms with E-state index in [1.165, 1.54) is 19.1 Å². The van der Waals surface area contributed by atoms with E-state index in [4.69, 9.17) is 0 Å². The first kappa shape index (κ1) is 26.2. The minimum atomic E-state index is -0.667.